The number of carbonyl (C=O) groups is 7. The Morgan fingerprint density at radius 3 is 2.25 bits per heavy atom. The zero-order chi connectivity index (χ0) is 38.9. The van der Waals surface area contributed by atoms with Crippen LogP contribution in [0.5, 0.6) is 0 Å². The van der Waals surface area contributed by atoms with Gasteiger partial charge in [-0.15, -0.1) is 0 Å². The smallest absolute Gasteiger partial charge is 0.323 e. The third kappa shape index (κ3) is 9.03. The van der Waals surface area contributed by atoms with Gasteiger partial charge in [0, 0.05) is 71.5 Å². The molecule has 1 aromatic heterocycles. The van der Waals surface area contributed by atoms with Gasteiger partial charge in [-0.05, 0) is 73.9 Å². The molecule has 0 saturated carbocycles. The van der Waals surface area contributed by atoms with Gasteiger partial charge in [-0.25, -0.2) is 4.79 Å². The third-order valence-electron chi connectivity index (χ3n) is 9.04. The van der Waals surface area contributed by atoms with Gasteiger partial charge in [-0.2, -0.15) is 5.26 Å². The molecule has 3 heterocycles. The standard InChI is InChI=1S/C39H37N9O7/c40-21-23-22-43-30-20-26(12-13-27(23)30)46-39(55)45-25-10-8-24(9-11-25)44-33(50)17-16-32(49)42-19-4-2-1-3-18-41-29-7-5-6-28-35(29)38(54)48(37(28)53)31-14-15-34(51)47-36(31)52/h5-13,16-17,20,22,31,41,43H,1-4,14-15,18-19H2,(H,42,49)(H,44,50)(H2,45,46,55)(H,47,51,52)/b17-16+. The van der Waals surface area contributed by atoms with E-state index in [1.54, 1.807) is 66.9 Å². The van der Waals surface area contributed by atoms with Gasteiger partial charge >= 0.3 is 6.03 Å². The van der Waals surface area contributed by atoms with Crippen molar-refractivity contribution in [3.8, 4) is 6.07 Å². The highest BCUT2D eigenvalue weighted by Crippen LogP contribution is 2.32. The van der Waals surface area contributed by atoms with Crippen molar-refractivity contribution in [2.24, 2.45) is 0 Å². The van der Waals surface area contributed by atoms with E-state index >= 15 is 0 Å². The maximum Gasteiger partial charge on any atom is 0.323 e. The van der Waals surface area contributed by atoms with E-state index in [0.29, 0.717) is 47.8 Å². The molecule has 1 atom stereocenters. The second-order valence-electron chi connectivity index (χ2n) is 12.9. The first-order valence-corrected chi connectivity index (χ1v) is 17.7. The van der Waals surface area contributed by atoms with Crippen molar-refractivity contribution in [1.29, 1.82) is 5.26 Å². The fraction of sp³-hybridized carbons (Fsp3) is 0.231. The first-order chi connectivity index (χ1) is 26.6. The lowest BCUT2D eigenvalue weighted by molar-refractivity contribution is -0.136. The summed E-state index contributed by atoms with van der Waals surface area (Å²) in [6.07, 6.45) is 7.15. The minimum absolute atomic E-state index is 0.0516. The largest absolute Gasteiger partial charge is 0.384 e. The van der Waals surface area contributed by atoms with E-state index in [9.17, 15) is 33.6 Å². The van der Waals surface area contributed by atoms with Crippen LogP contribution in [0.25, 0.3) is 10.9 Å². The first kappa shape index (κ1) is 37.5. The van der Waals surface area contributed by atoms with Crippen LogP contribution in [-0.2, 0) is 19.2 Å². The van der Waals surface area contributed by atoms with E-state index in [1.807, 2.05) is 0 Å². The summed E-state index contributed by atoms with van der Waals surface area (Å²) in [5, 5.41) is 26.2. The Kier molecular flexibility index (Phi) is 11.6. The molecule has 3 aromatic carbocycles. The molecule has 2 aliphatic rings. The van der Waals surface area contributed by atoms with E-state index in [2.05, 4.69) is 43.0 Å². The summed E-state index contributed by atoms with van der Waals surface area (Å²) in [6, 6.07) is 17.1. The van der Waals surface area contributed by atoms with Gasteiger partial charge in [0.2, 0.25) is 23.6 Å². The second kappa shape index (κ2) is 17.0. The number of anilines is 4. The molecule has 55 heavy (non-hydrogen) atoms. The number of nitrogens with one attached hydrogen (secondary N) is 7. The maximum atomic E-state index is 13.2. The summed E-state index contributed by atoms with van der Waals surface area (Å²) in [6.45, 7) is 0.954. The van der Waals surface area contributed by atoms with Crippen LogP contribution in [0, 0.1) is 11.3 Å². The molecule has 0 radical (unpaired) electrons. The highest BCUT2D eigenvalue weighted by molar-refractivity contribution is 6.25. The number of rotatable bonds is 14. The number of carbonyl (C=O) groups excluding carboxylic acids is 7. The molecule has 0 spiro atoms. The molecule has 2 aliphatic heterocycles. The molecule has 1 saturated heterocycles. The Morgan fingerprint density at radius 1 is 0.818 bits per heavy atom. The lowest BCUT2D eigenvalue weighted by Crippen LogP contribution is -2.54. The normalized spacial score (nSPS) is 15.0. The average Bonchev–Trinajstić information content (AvgIpc) is 3.69. The van der Waals surface area contributed by atoms with Crippen LogP contribution in [0.4, 0.5) is 27.5 Å². The number of hydrogen-bond acceptors (Lipinski definition) is 9. The number of hydrogen-bond donors (Lipinski definition) is 7. The molecule has 7 N–H and O–H groups in total. The Morgan fingerprint density at radius 2 is 1.51 bits per heavy atom. The van der Waals surface area contributed by atoms with Crippen LogP contribution in [0.3, 0.4) is 0 Å². The minimum atomic E-state index is -1.02. The Hall–Kier alpha value is -7.28. The number of urea groups is 1. The Bertz CT molecular complexity index is 2260. The first-order valence-electron chi connectivity index (χ1n) is 17.7. The van der Waals surface area contributed by atoms with Gasteiger partial charge in [0.25, 0.3) is 11.8 Å². The summed E-state index contributed by atoms with van der Waals surface area (Å²) >= 11 is 0. The van der Waals surface area contributed by atoms with E-state index in [-0.39, 0.29) is 24.0 Å². The van der Waals surface area contributed by atoms with E-state index in [0.717, 1.165) is 47.2 Å². The molecule has 1 fully saturated rings. The number of unbranched alkanes of at least 4 members (excludes halogenated alkanes) is 3. The second-order valence-corrected chi connectivity index (χ2v) is 12.9. The number of aromatic nitrogens is 1. The molecule has 280 valence electrons. The van der Waals surface area contributed by atoms with Crippen LogP contribution >= 0.6 is 0 Å². The molecule has 16 nitrogen and oxygen atoms in total. The zero-order valence-corrected chi connectivity index (χ0v) is 29.5. The lowest BCUT2D eigenvalue weighted by atomic mass is 10.0. The SMILES string of the molecule is N#Cc1c[nH]c2cc(NC(=O)Nc3ccc(NC(=O)/C=C/C(=O)NCCCCCCNc4cccc5c4C(=O)N(C4CCC(=O)NC4=O)C5=O)cc3)ccc12. The van der Waals surface area contributed by atoms with Gasteiger partial charge in [-0.1, -0.05) is 18.9 Å². The van der Waals surface area contributed by atoms with E-state index in [4.69, 9.17) is 5.26 Å². The van der Waals surface area contributed by atoms with Crippen LogP contribution < -0.4 is 31.9 Å². The molecular formula is C39H37N9O7. The molecule has 6 rings (SSSR count). The molecule has 4 aromatic rings. The van der Waals surface area contributed by atoms with Crippen molar-refractivity contribution < 1.29 is 33.6 Å². The minimum Gasteiger partial charge on any atom is -0.384 e. The van der Waals surface area contributed by atoms with Crippen molar-refractivity contribution in [1.82, 2.24) is 20.5 Å². The topological polar surface area (TPSA) is 234 Å². The number of imide groups is 2. The monoisotopic (exact) mass is 743 g/mol. The summed E-state index contributed by atoms with van der Waals surface area (Å²) in [5.41, 5.74) is 3.67. The molecular weight excluding hydrogens is 706 g/mol. The fourth-order valence-corrected chi connectivity index (χ4v) is 6.32. The number of aromatic amines is 1. The van der Waals surface area contributed by atoms with E-state index < -0.39 is 47.5 Å². The third-order valence-corrected chi connectivity index (χ3v) is 9.04. The number of amides is 8. The van der Waals surface area contributed by atoms with Crippen LogP contribution in [0.15, 0.2) is 79.0 Å². The number of benzene rings is 3. The van der Waals surface area contributed by atoms with Crippen LogP contribution in [0.1, 0.15) is 64.8 Å². The summed E-state index contributed by atoms with van der Waals surface area (Å²) in [5.74, 6) is -3.11. The molecule has 1 unspecified atom stereocenters. The number of nitrogens with zero attached hydrogens (tertiary/aromatic N) is 2. The summed E-state index contributed by atoms with van der Waals surface area (Å²) in [4.78, 5) is 91.0. The van der Waals surface area contributed by atoms with Crippen molar-refractivity contribution in [2.75, 3.05) is 34.4 Å². The molecule has 16 heteroatoms. The number of fused-ring (bicyclic) bond motifs is 2. The Labute approximate surface area is 314 Å². The fourth-order valence-electron chi connectivity index (χ4n) is 6.32. The van der Waals surface area contributed by atoms with Crippen LogP contribution in [-0.4, -0.2) is 70.5 Å². The van der Waals surface area contributed by atoms with Gasteiger partial charge < -0.3 is 31.6 Å². The molecule has 8 amide bonds. The summed E-state index contributed by atoms with van der Waals surface area (Å²) in [7, 11) is 0. The molecule has 0 aliphatic carbocycles. The lowest BCUT2D eigenvalue weighted by Gasteiger charge is -2.27. The number of piperidine rings is 1. The van der Waals surface area contributed by atoms with Crippen molar-refractivity contribution in [3.63, 3.8) is 0 Å². The van der Waals surface area contributed by atoms with E-state index in [1.165, 1.54) is 0 Å². The van der Waals surface area contributed by atoms with Gasteiger partial charge in [-0.3, -0.25) is 39.0 Å². The maximum absolute atomic E-state index is 13.2. The van der Waals surface area contributed by atoms with Gasteiger partial charge in [0.1, 0.15) is 12.1 Å². The highest BCUT2D eigenvalue weighted by atomic mass is 16.2. The number of H-pyrrole nitrogens is 1. The predicted molar refractivity (Wildman–Crippen MR) is 203 cm³/mol. The predicted octanol–water partition coefficient (Wildman–Crippen LogP) is 4.37. The van der Waals surface area contributed by atoms with Crippen molar-refractivity contribution in [3.05, 3.63) is 95.7 Å². The van der Waals surface area contributed by atoms with Crippen LogP contribution in [0.2, 0.25) is 0 Å². The average molecular weight is 744 g/mol. The van der Waals surface area contributed by atoms with Crippen molar-refractivity contribution in [2.45, 2.75) is 44.6 Å². The summed E-state index contributed by atoms with van der Waals surface area (Å²) < 4.78 is 0. The molecule has 0 bridgehead atoms. The quantitative estimate of drug-likeness (QED) is 0.0551. The van der Waals surface area contributed by atoms with Gasteiger partial charge in [0.05, 0.1) is 16.7 Å². The highest BCUT2D eigenvalue weighted by Gasteiger charge is 2.45. The zero-order valence-electron chi connectivity index (χ0n) is 29.5. The van der Waals surface area contributed by atoms with Gasteiger partial charge in [0.15, 0.2) is 0 Å². The Balaban J connectivity index is 0.846. The number of nitriles is 1. The van der Waals surface area contributed by atoms with Crippen molar-refractivity contribution >= 4 is 75.1 Å².